The molecule has 2 aromatic rings. The van der Waals surface area contributed by atoms with Gasteiger partial charge in [0.2, 0.25) is 0 Å². The fourth-order valence-electron chi connectivity index (χ4n) is 1.42. The quantitative estimate of drug-likeness (QED) is 0.855. The van der Waals surface area contributed by atoms with Crippen molar-refractivity contribution in [2.45, 2.75) is 24.0 Å². The summed E-state index contributed by atoms with van der Waals surface area (Å²) < 4.78 is 0. The number of carbonyl (C=O) groups is 1. The van der Waals surface area contributed by atoms with Gasteiger partial charge in [-0.3, -0.25) is 0 Å². The minimum Gasteiger partial charge on any atom is -0.477 e. The van der Waals surface area contributed by atoms with E-state index in [0.717, 1.165) is 11.4 Å². The molecule has 0 fully saturated rings. The van der Waals surface area contributed by atoms with E-state index in [0.29, 0.717) is 10.2 Å². The van der Waals surface area contributed by atoms with Crippen molar-refractivity contribution < 1.29 is 9.90 Å². The zero-order valence-corrected chi connectivity index (χ0v) is 10.7. The predicted molar refractivity (Wildman–Crippen MR) is 66.8 cm³/mol. The van der Waals surface area contributed by atoms with E-state index in [4.69, 9.17) is 5.11 Å². The van der Waals surface area contributed by atoms with E-state index in [1.54, 1.807) is 12.1 Å². The minimum atomic E-state index is -1.04. The zero-order valence-electron chi connectivity index (χ0n) is 9.91. The Labute approximate surface area is 108 Å². The second-order valence-electron chi connectivity index (χ2n) is 3.70. The van der Waals surface area contributed by atoms with Gasteiger partial charge < -0.3 is 5.11 Å². The number of aromatic nitrogens is 3. The molecule has 0 radical (unpaired) electrons. The first-order chi connectivity index (χ1) is 8.54. The average Bonchev–Trinajstić information content (AvgIpc) is 2.27. The largest absolute Gasteiger partial charge is 0.477 e. The lowest BCUT2D eigenvalue weighted by atomic mass is 10.4. The molecule has 6 heteroatoms. The summed E-state index contributed by atoms with van der Waals surface area (Å²) >= 11 is 1.25. The van der Waals surface area contributed by atoms with Gasteiger partial charge in [0.25, 0.3) is 0 Å². The van der Waals surface area contributed by atoms with Crippen LogP contribution in [-0.2, 0) is 0 Å². The molecule has 2 heterocycles. The number of carboxylic acid groups (broad SMARTS) is 1. The van der Waals surface area contributed by atoms with Gasteiger partial charge >= 0.3 is 5.97 Å². The van der Waals surface area contributed by atoms with Crippen LogP contribution >= 0.6 is 11.8 Å². The molecule has 0 atom stereocenters. The van der Waals surface area contributed by atoms with Crippen LogP contribution in [0, 0.1) is 13.8 Å². The Hall–Kier alpha value is -1.95. The van der Waals surface area contributed by atoms with Crippen molar-refractivity contribution in [3.8, 4) is 0 Å². The molecule has 18 heavy (non-hydrogen) atoms. The van der Waals surface area contributed by atoms with Gasteiger partial charge in [0, 0.05) is 11.4 Å². The fraction of sp³-hybridized carbons (Fsp3) is 0.167. The molecule has 0 unspecified atom stereocenters. The average molecular weight is 261 g/mol. The van der Waals surface area contributed by atoms with Crippen molar-refractivity contribution in [1.29, 1.82) is 0 Å². The van der Waals surface area contributed by atoms with Gasteiger partial charge in [0.15, 0.2) is 5.16 Å². The van der Waals surface area contributed by atoms with E-state index in [-0.39, 0.29) is 5.69 Å². The Morgan fingerprint density at radius 3 is 2.44 bits per heavy atom. The Morgan fingerprint density at radius 2 is 1.83 bits per heavy atom. The van der Waals surface area contributed by atoms with Gasteiger partial charge in [-0.2, -0.15) is 0 Å². The van der Waals surface area contributed by atoms with E-state index < -0.39 is 5.97 Å². The summed E-state index contributed by atoms with van der Waals surface area (Å²) in [5.74, 6) is -1.04. The molecule has 0 aromatic carbocycles. The second kappa shape index (κ2) is 5.14. The van der Waals surface area contributed by atoms with Crippen LogP contribution in [0.4, 0.5) is 0 Å². The van der Waals surface area contributed by atoms with Crippen molar-refractivity contribution >= 4 is 17.7 Å². The summed E-state index contributed by atoms with van der Waals surface area (Å²) in [6, 6.07) is 6.72. The number of carboxylic acids is 1. The lowest BCUT2D eigenvalue weighted by Gasteiger charge is -2.03. The van der Waals surface area contributed by atoms with Gasteiger partial charge in [0.05, 0.1) is 0 Å². The van der Waals surface area contributed by atoms with Gasteiger partial charge in [-0.1, -0.05) is 6.07 Å². The van der Waals surface area contributed by atoms with Crippen LogP contribution in [-0.4, -0.2) is 26.0 Å². The summed E-state index contributed by atoms with van der Waals surface area (Å²) in [4.78, 5) is 23.4. The van der Waals surface area contributed by atoms with Gasteiger partial charge in [-0.15, -0.1) is 0 Å². The van der Waals surface area contributed by atoms with Crippen molar-refractivity contribution in [3.05, 3.63) is 41.3 Å². The minimum absolute atomic E-state index is 0.0179. The highest BCUT2D eigenvalue weighted by Crippen LogP contribution is 2.23. The molecule has 0 aliphatic rings. The molecular formula is C12H11N3O2S. The molecule has 2 aromatic heterocycles. The molecule has 2 rings (SSSR count). The number of aromatic carboxylic acids is 1. The first-order valence-corrected chi connectivity index (χ1v) is 6.07. The number of pyridine rings is 1. The number of rotatable bonds is 3. The standard InChI is InChI=1S/C12H11N3O2S/c1-7-6-8(2)14-12(13-7)18-10-5-3-4-9(15-10)11(16)17/h3-6H,1-2H3,(H,16,17). The molecule has 0 spiro atoms. The molecule has 5 nitrogen and oxygen atoms in total. The Kier molecular flexibility index (Phi) is 3.57. The highest BCUT2D eigenvalue weighted by atomic mass is 32.2. The summed E-state index contributed by atoms with van der Waals surface area (Å²) in [5, 5.41) is 10.0. The van der Waals surface area contributed by atoms with Gasteiger partial charge in [-0.05, 0) is 43.8 Å². The molecule has 0 aliphatic heterocycles. The van der Waals surface area contributed by atoms with E-state index in [1.165, 1.54) is 17.8 Å². The lowest BCUT2D eigenvalue weighted by Crippen LogP contribution is -2.00. The Balaban J connectivity index is 2.28. The van der Waals surface area contributed by atoms with Crippen molar-refractivity contribution in [2.24, 2.45) is 0 Å². The first kappa shape index (κ1) is 12.5. The number of nitrogens with zero attached hydrogens (tertiary/aromatic N) is 3. The van der Waals surface area contributed by atoms with Gasteiger partial charge in [0.1, 0.15) is 10.7 Å². The summed E-state index contributed by atoms with van der Waals surface area (Å²) in [6.07, 6.45) is 0. The van der Waals surface area contributed by atoms with E-state index >= 15 is 0 Å². The highest BCUT2D eigenvalue weighted by molar-refractivity contribution is 7.99. The summed E-state index contributed by atoms with van der Waals surface area (Å²) in [6.45, 7) is 3.78. The highest BCUT2D eigenvalue weighted by Gasteiger charge is 2.08. The Bertz CT molecular complexity index is 581. The molecule has 1 N–H and O–H groups in total. The van der Waals surface area contributed by atoms with Crippen LogP contribution in [0.5, 0.6) is 0 Å². The normalized spacial score (nSPS) is 10.3. The maximum absolute atomic E-state index is 10.8. The van der Waals surface area contributed by atoms with Crippen LogP contribution in [0.2, 0.25) is 0 Å². The summed E-state index contributed by atoms with van der Waals surface area (Å²) in [7, 11) is 0. The van der Waals surface area contributed by atoms with Crippen molar-refractivity contribution in [2.75, 3.05) is 0 Å². The SMILES string of the molecule is Cc1cc(C)nc(Sc2cccc(C(=O)O)n2)n1. The molecule has 0 aliphatic carbocycles. The molecule has 92 valence electrons. The van der Waals surface area contributed by atoms with Crippen LogP contribution < -0.4 is 0 Å². The van der Waals surface area contributed by atoms with E-state index in [9.17, 15) is 4.79 Å². The molecular weight excluding hydrogens is 250 g/mol. The monoisotopic (exact) mass is 261 g/mol. The maximum Gasteiger partial charge on any atom is 0.354 e. The maximum atomic E-state index is 10.8. The third-order valence-electron chi connectivity index (χ3n) is 2.10. The van der Waals surface area contributed by atoms with Crippen LogP contribution in [0.25, 0.3) is 0 Å². The third-order valence-corrected chi connectivity index (χ3v) is 2.90. The van der Waals surface area contributed by atoms with E-state index in [2.05, 4.69) is 15.0 Å². The first-order valence-electron chi connectivity index (χ1n) is 5.25. The number of hydrogen-bond donors (Lipinski definition) is 1. The number of aryl methyl sites for hydroxylation is 2. The molecule has 0 amide bonds. The predicted octanol–water partition coefficient (Wildman–Crippen LogP) is 2.34. The third kappa shape index (κ3) is 3.04. The lowest BCUT2D eigenvalue weighted by molar-refractivity contribution is 0.0689. The topological polar surface area (TPSA) is 76.0 Å². The smallest absolute Gasteiger partial charge is 0.354 e. The number of hydrogen-bond acceptors (Lipinski definition) is 5. The van der Waals surface area contributed by atoms with Gasteiger partial charge in [-0.25, -0.2) is 19.7 Å². The molecule has 0 saturated carbocycles. The van der Waals surface area contributed by atoms with Crippen LogP contribution in [0.15, 0.2) is 34.4 Å². The van der Waals surface area contributed by atoms with Crippen molar-refractivity contribution in [3.63, 3.8) is 0 Å². The molecule has 0 bridgehead atoms. The van der Waals surface area contributed by atoms with Crippen molar-refractivity contribution in [1.82, 2.24) is 15.0 Å². The Morgan fingerprint density at radius 1 is 1.17 bits per heavy atom. The van der Waals surface area contributed by atoms with Crippen LogP contribution in [0.1, 0.15) is 21.9 Å². The van der Waals surface area contributed by atoms with Crippen LogP contribution in [0.3, 0.4) is 0 Å². The fourth-order valence-corrected chi connectivity index (χ4v) is 2.28. The zero-order chi connectivity index (χ0) is 13.1. The molecule has 0 saturated heterocycles. The van der Waals surface area contributed by atoms with E-state index in [1.807, 2.05) is 19.9 Å². The second-order valence-corrected chi connectivity index (χ2v) is 4.69. The summed E-state index contributed by atoms with van der Waals surface area (Å²) in [5.41, 5.74) is 1.77.